The first-order valence-electron chi connectivity index (χ1n) is 4.16. The summed E-state index contributed by atoms with van der Waals surface area (Å²) in [6.07, 6.45) is 2.40. The van der Waals surface area contributed by atoms with Crippen LogP contribution in [0.3, 0.4) is 0 Å². The van der Waals surface area contributed by atoms with Gasteiger partial charge < -0.3 is 5.11 Å². The van der Waals surface area contributed by atoms with E-state index in [4.69, 9.17) is 16.7 Å². The molecule has 0 saturated carbocycles. The quantitative estimate of drug-likeness (QED) is 0.810. The van der Waals surface area contributed by atoms with E-state index < -0.39 is 5.97 Å². The Labute approximate surface area is 91.5 Å². The third-order valence-corrected chi connectivity index (χ3v) is 2.95. The Morgan fingerprint density at radius 1 is 1.71 bits per heavy atom. The van der Waals surface area contributed by atoms with Crippen molar-refractivity contribution in [2.75, 3.05) is 5.75 Å². The smallest absolute Gasteiger partial charge is 0.337 e. The highest BCUT2D eigenvalue weighted by atomic mass is 35.5. The maximum absolute atomic E-state index is 10.7. The van der Waals surface area contributed by atoms with Crippen LogP contribution < -0.4 is 0 Å². The number of carboxylic acid groups (broad SMARTS) is 1. The molecule has 1 N–H and O–H groups in total. The minimum absolute atomic E-state index is 0.111. The first kappa shape index (κ1) is 11.3. The summed E-state index contributed by atoms with van der Waals surface area (Å²) in [5.74, 6) is -0.0935. The molecule has 0 amide bonds. The number of pyridine rings is 1. The molecule has 0 spiro atoms. The topological polar surface area (TPSA) is 50.2 Å². The van der Waals surface area contributed by atoms with Gasteiger partial charge in [-0.3, -0.25) is 0 Å². The van der Waals surface area contributed by atoms with E-state index in [1.165, 1.54) is 24.0 Å². The average molecular weight is 232 g/mol. The summed E-state index contributed by atoms with van der Waals surface area (Å²) >= 11 is 7.20. The Morgan fingerprint density at radius 2 is 2.43 bits per heavy atom. The van der Waals surface area contributed by atoms with Crippen molar-refractivity contribution in [3.8, 4) is 0 Å². The number of hydrogen-bond donors (Lipinski definition) is 1. The molecule has 0 atom stereocenters. The number of aromatic carboxylic acids is 1. The minimum Gasteiger partial charge on any atom is -0.478 e. The van der Waals surface area contributed by atoms with Crippen molar-refractivity contribution in [1.29, 1.82) is 0 Å². The van der Waals surface area contributed by atoms with Gasteiger partial charge in [0.1, 0.15) is 0 Å². The molecule has 1 aromatic heterocycles. The monoisotopic (exact) mass is 231 g/mol. The molecule has 0 bridgehead atoms. The second-order valence-electron chi connectivity index (χ2n) is 2.66. The molecule has 0 radical (unpaired) electrons. The first-order chi connectivity index (χ1) is 6.65. The summed E-state index contributed by atoms with van der Waals surface area (Å²) in [4.78, 5) is 14.8. The van der Waals surface area contributed by atoms with Crippen LogP contribution in [-0.2, 0) is 0 Å². The first-order valence-corrected chi connectivity index (χ1v) is 5.53. The van der Waals surface area contributed by atoms with Crippen LogP contribution in [-0.4, -0.2) is 21.8 Å². The second-order valence-corrected chi connectivity index (χ2v) is 4.18. The molecule has 0 saturated heterocycles. The van der Waals surface area contributed by atoms with Crippen molar-refractivity contribution >= 4 is 29.3 Å². The van der Waals surface area contributed by atoms with Gasteiger partial charge in [0.25, 0.3) is 0 Å². The highest BCUT2D eigenvalue weighted by Crippen LogP contribution is 2.22. The summed E-state index contributed by atoms with van der Waals surface area (Å²) in [7, 11) is 0. The van der Waals surface area contributed by atoms with Crippen molar-refractivity contribution in [3.05, 3.63) is 22.8 Å². The van der Waals surface area contributed by atoms with E-state index in [9.17, 15) is 4.79 Å². The van der Waals surface area contributed by atoms with Gasteiger partial charge in [0.2, 0.25) is 0 Å². The second kappa shape index (κ2) is 5.22. The number of hydrogen-bond acceptors (Lipinski definition) is 3. The Bertz CT molecular complexity index is 344. The fourth-order valence-electron chi connectivity index (χ4n) is 0.869. The number of nitrogens with zero attached hydrogens (tertiary/aromatic N) is 1. The predicted molar refractivity (Wildman–Crippen MR) is 57.2 cm³/mol. The lowest BCUT2D eigenvalue weighted by Crippen LogP contribution is -1.98. The van der Waals surface area contributed by atoms with Gasteiger partial charge >= 0.3 is 5.97 Å². The van der Waals surface area contributed by atoms with E-state index in [-0.39, 0.29) is 10.6 Å². The van der Waals surface area contributed by atoms with Gasteiger partial charge in [0, 0.05) is 6.20 Å². The number of halogens is 1. The van der Waals surface area contributed by atoms with Gasteiger partial charge in [0.05, 0.1) is 15.6 Å². The molecule has 1 rings (SSSR count). The maximum Gasteiger partial charge on any atom is 0.337 e. The van der Waals surface area contributed by atoms with Crippen molar-refractivity contribution in [3.63, 3.8) is 0 Å². The molecule has 0 aliphatic heterocycles. The molecule has 14 heavy (non-hydrogen) atoms. The van der Waals surface area contributed by atoms with Crippen molar-refractivity contribution < 1.29 is 9.90 Å². The van der Waals surface area contributed by atoms with E-state index in [1.54, 1.807) is 0 Å². The fourth-order valence-corrected chi connectivity index (χ4v) is 1.79. The zero-order valence-electron chi connectivity index (χ0n) is 7.66. The van der Waals surface area contributed by atoms with E-state index in [1.807, 2.05) is 0 Å². The lowest BCUT2D eigenvalue weighted by molar-refractivity contribution is 0.0696. The molecule has 1 aromatic rings. The summed E-state index contributed by atoms with van der Waals surface area (Å²) in [5.41, 5.74) is 0.111. The molecule has 0 aliphatic rings. The van der Waals surface area contributed by atoms with Gasteiger partial charge in [-0.15, -0.1) is 11.8 Å². The maximum atomic E-state index is 10.7. The Kier molecular flexibility index (Phi) is 4.22. The summed E-state index contributed by atoms with van der Waals surface area (Å²) in [6.45, 7) is 2.06. The molecule has 76 valence electrons. The number of thioether (sulfide) groups is 1. The number of rotatable bonds is 4. The number of carboxylic acids is 1. The third kappa shape index (κ3) is 2.89. The van der Waals surface area contributed by atoms with Crippen molar-refractivity contribution in [2.45, 2.75) is 18.4 Å². The summed E-state index contributed by atoms with van der Waals surface area (Å²) in [5, 5.41) is 9.68. The van der Waals surface area contributed by atoms with Crippen molar-refractivity contribution in [1.82, 2.24) is 4.98 Å². The number of carbonyl (C=O) groups is 1. The van der Waals surface area contributed by atoms with Crippen LogP contribution in [0.15, 0.2) is 17.3 Å². The van der Waals surface area contributed by atoms with Gasteiger partial charge in [-0.25, -0.2) is 9.78 Å². The van der Waals surface area contributed by atoms with Crippen LogP contribution in [0.1, 0.15) is 23.7 Å². The van der Waals surface area contributed by atoms with Crippen LogP contribution >= 0.6 is 23.4 Å². The zero-order valence-corrected chi connectivity index (χ0v) is 9.23. The molecular formula is C9H10ClNO2S. The van der Waals surface area contributed by atoms with Gasteiger partial charge in [0.15, 0.2) is 0 Å². The SMILES string of the molecule is CCCSc1cc(C(=O)O)c(Cl)cn1. The number of aromatic nitrogens is 1. The summed E-state index contributed by atoms with van der Waals surface area (Å²) in [6, 6.07) is 1.50. The van der Waals surface area contributed by atoms with E-state index in [0.717, 1.165) is 12.2 Å². The van der Waals surface area contributed by atoms with Crippen LogP contribution in [0.5, 0.6) is 0 Å². The molecule has 0 aliphatic carbocycles. The van der Waals surface area contributed by atoms with Crippen molar-refractivity contribution in [2.24, 2.45) is 0 Å². The highest BCUT2D eigenvalue weighted by molar-refractivity contribution is 7.99. The lowest BCUT2D eigenvalue weighted by atomic mass is 10.3. The van der Waals surface area contributed by atoms with Crippen LogP contribution in [0.4, 0.5) is 0 Å². The Hall–Kier alpha value is -0.740. The Balaban J connectivity index is 2.89. The van der Waals surface area contributed by atoms with Gasteiger partial charge in [-0.2, -0.15) is 0 Å². The third-order valence-electron chi connectivity index (χ3n) is 1.51. The van der Waals surface area contributed by atoms with E-state index in [2.05, 4.69) is 11.9 Å². The Morgan fingerprint density at radius 3 is 3.00 bits per heavy atom. The van der Waals surface area contributed by atoms with Gasteiger partial charge in [-0.1, -0.05) is 18.5 Å². The molecule has 0 aromatic carbocycles. The van der Waals surface area contributed by atoms with Gasteiger partial charge in [-0.05, 0) is 18.2 Å². The fraction of sp³-hybridized carbons (Fsp3) is 0.333. The van der Waals surface area contributed by atoms with E-state index >= 15 is 0 Å². The minimum atomic E-state index is -1.02. The standard InChI is InChI=1S/C9H10ClNO2S/c1-2-3-14-8-4-6(9(12)13)7(10)5-11-8/h4-5H,2-3H2,1H3,(H,12,13). The molecule has 1 heterocycles. The summed E-state index contributed by atoms with van der Waals surface area (Å²) < 4.78 is 0. The van der Waals surface area contributed by atoms with Crippen LogP contribution in [0.25, 0.3) is 0 Å². The van der Waals surface area contributed by atoms with Crippen LogP contribution in [0.2, 0.25) is 5.02 Å². The normalized spacial score (nSPS) is 10.1. The molecule has 0 unspecified atom stereocenters. The zero-order chi connectivity index (χ0) is 10.6. The largest absolute Gasteiger partial charge is 0.478 e. The highest BCUT2D eigenvalue weighted by Gasteiger charge is 2.10. The van der Waals surface area contributed by atoms with Crippen LogP contribution in [0, 0.1) is 0 Å². The predicted octanol–water partition coefficient (Wildman–Crippen LogP) is 2.94. The molecule has 3 nitrogen and oxygen atoms in total. The molecular weight excluding hydrogens is 222 g/mol. The average Bonchev–Trinajstić information content (AvgIpc) is 2.16. The molecule has 0 fully saturated rings. The lowest BCUT2D eigenvalue weighted by Gasteiger charge is -2.01. The molecule has 5 heteroatoms. The van der Waals surface area contributed by atoms with E-state index in [0.29, 0.717) is 5.03 Å².